The highest BCUT2D eigenvalue weighted by atomic mass is 79.9. The van der Waals surface area contributed by atoms with Crippen molar-refractivity contribution < 1.29 is 8.42 Å². The van der Waals surface area contributed by atoms with E-state index in [4.69, 9.17) is 5.73 Å². The molecule has 4 nitrogen and oxygen atoms in total. The Labute approximate surface area is 124 Å². The summed E-state index contributed by atoms with van der Waals surface area (Å²) in [4.78, 5) is 0.839. The Bertz CT molecular complexity index is 696. The number of halogens is 1. The molecule has 1 heterocycles. The first-order chi connectivity index (χ1) is 8.92. The van der Waals surface area contributed by atoms with E-state index in [0.717, 1.165) is 14.9 Å². The van der Waals surface area contributed by atoms with Crippen LogP contribution in [0.5, 0.6) is 0 Å². The molecule has 19 heavy (non-hydrogen) atoms. The molecule has 102 valence electrons. The number of benzene rings is 1. The van der Waals surface area contributed by atoms with Gasteiger partial charge in [-0.15, -0.1) is 11.3 Å². The lowest BCUT2D eigenvalue weighted by atomic mass is 10.2. The minimum Gasteiger partial charge on any atom is -0.326 e. The van der Waals surface area contributed by atoms with Crippen LogP contribution in [0.4, 0.5) is 5.69 Å². The van der Waals surface area contributed by atoms with E-state index in [0.29, 0.717) is 12.2 Å². The Morgan fingerprint density at radius 3 is 2.68 bits per heavy atom. The van der Waals surface area contributed by atoms with Crippen LogP contribution in [0.2, 0.25) is 0 Å². The molecule has 0 aliphatic heterocycles. The second-order valence-electron chi connectivity index (χ2n) is 3.99. The first kappa shape index (κ1) is 14.5. The Balaban J connectivity index is 2.33. The van der Waals surface area contributed by atoms with Crippen molar-refractivity contribution in [2.75, 3.05) is 4.72 Å². The van der Waals surface area contributed by atoms with Crippen LogP contribution in [-0.2, 0) is 16.6 Å². The molecule has 0 radical (unpaired) electrons. The van der Waals surface area contributed by atoms with Crippen molar-refractivity contribution in [1.82, 2.24) is 0 Å². The average Bonchev–Trinajstić information content (AvgIpc) is 2.83. The molecular weight excluding hydrogens is 348 g/mol. The largest absolute Gasteiger partial charge is 0.326 e. The Kier molecular flexibility index (Phi) is 4.29. The molecule has 0 fully saturated rings. The number of anilines is 1. The molecule has 0 bridgehead atoms. The monoisotopic (exact) mass is 360 g/mol. The zero-order chi connectivity index (χ0) is 14.0. The van der Waals surface area contributed by atoms with Gasteiger partial charge in [-0.1, -0.05) is 22.0 Å². The first-order valence-electron chi connectivity index (χ1n) is 5.50. The lowest BCUT2D eigenvalue weighted by Gasteiger charge is -2.09. The van der Waals surface area contributed by atoms with E-state index in [1.54, 1.807) is 18.2 Å². The van der Waals surface area contributed by atoms with Gasteiger partial charge in [0.1, 0.15) is 4.21 Å². The molecule has 0 saturated heterocycles. The van der Waals surface area contributed by atoms with Crippen molar-refractivity contribution in [2.24, 2.45) is 5.73 Å². The van der Waals surface area contributed by atoms with Gasteiger partial charge in [0.15, 0.2) is 0 Å². The molecule has 2 aromatic rings. The molecule has 0 saturated carbocycles. The maximum Gasteiger partial charge on any atom is 0.271 e. The van der Waals surface area contributed by atoms with Crippen LogP contribution in [0, 0.1) is 6.92 Å². The molecule has 0 aliphatic carbocycles. The highest BCUT2D eigenvalue weighted by Crippen LogP contribution is 2.26. The van der Waals surface area contributed by atoms with Crippen LogP contribution in [-0.4, -0.2) is 8.42 Å². The number of hydrogen-bond acceptors (Lipinski definition) is 4. The van der Waals surface area contributed by atoms with Gasteiger partial charge in [-0.2, -0.15) is 0 Å². The molecule has 0 unspecified atom stereocenters. The SMILES string of the molecule is Cc1ccc(Br)cc1NS(=O)(=O)c1ccc(CN)s1. The molecule has 7 heteroatoms. The maximum absolute atomic E-state index is 12.2. The third kappa shape index (κ3) is 3.36. The molecule has 2 rings (SSSR count). The summed E-state index contributed by atoms with van der Waals surface area (Å²) >= 11 is 4.51. The van der Waals surface area contributed by atoms with Crippen LogP contribution >= 0.6 is 27.3 Å². The van der Waals surface area contributed by atoms with Crippen LogP contribution in [0.15, 0.2) is 39.0 Å². The number of sulfonamides is 1. The van der Waals surface area contributed by atoms with Gasteiger partial charge >= 0.3 is 0 Å². The van der Waals surface area contributed by atoms with Crippen molar-refractivity contribution in [2.45, 2.75) is 17.7 Å². The van der Waals surface area contributed by atoms with E-state index >= 15 is 0 Å². The molecule has 1 aromatic heterocycles. The van der Waals surface area contributed by atoms with Crippen molar-refractivity contribution in [1.29, 1.82) is 0 Å². The molecule has 0 atom stereocenters. The average molecular weight is 361 g/mol. The maximum atomic E-state index is 12.2. The molecule has 0 amide bonds. The van der Waals surface area contributed by atoms with Gasteiger partial charge in [-0.05, 0) is 36.8 Å². The standard InChI is InChI=1S/C12H13BrN2O2S2/c1-8-2-3-9(13)6-11(8)15-19(16,17)12-5-4-10(7-14)18-12/h2-6,15H,7,14H2,1H3. The van der Waals surface area contributed by atoms with E-state index < -0.39 is 10.0 Å². The highest BCUT2D eigenvalue weighted by molar-refractivity contribution is 9.10. The summed E-state index contributed by atoms with van der Waals surface area (Å²) in [6.07, 6.45) is 0. The number of nitrogens with one attached hydrogen (secondary N) is 1. The summed E-state index contributed by atoms with van der Waals surface area (Å²) in [7, 11) is -3.55. The third-order valence-corrected chi connectivity index (χ3v) is 6.01. The van der Waals surface area contributed by atoms with Crippen LogP contribution in [0.1, 0.15) is 10.4 Å². The van der Waals surface area contributed by atoms with Crippen molar-refractivity contribution in [3.63, 3.8) is 0 Å². The highest BCUT2D eigenvalue weighted by Gasteiger charge is 2.17. The normalized spacial score (nSPS) is 11.5. The topological polar surface area (TPSA) is 72.2 Å². The second kappa shape index (κ2) is 5.62. The summed E-state index contributed by atoms with van der Waals surface area (Å²) in [5.74, 6) is 0. The van der Waals surface area contributed by atoms with E-state index in [9.17, 15) is 8.42 Å². The summed E-state index contributed by atoms with van der Waals surface area (Å²) in [5.41, 5.74) is 6.92. The molecule has 1 aromatic carbocycles. The Morgan fingerprint density at radius 1 is 1.32 bits per heavy atom. The molecule has 0 aliphatic rings. The molecule has 0 spiro atoms. The molecule has 3 N–H and O–H groups in total. The van der Waals surface area contributed by atoms with E-state index in [2.05, 4.69) is 20.7 Å². The van der Waals surface area contributed by atoms with Crippen LogP contribution in [0.3, 0.4) is 0 Å². The Morgan fingerprint density at radius 2 is 2.05 bits per heavy atom. The summed E-state index contributed by atoms with van der Waals surface area (Å²) in [6, 6.07) is 8.76. The van der Waals surface area contributed by atoms with Gasteiger partial charge < -0.3 is 5.73 Å². The van der Waals surface area contributed by atoms with Gasteiger partial charge in [-0.25, -0.2) is 8.42 Å². The minimum atomic E-state index is -3.55. The van der Waals surface area contributed by atoms with E-state index in [1.807, 2.05) is 19.1 Å². The van der Waals surface area contributed by atoms with Gasteiger partial charge in [0.2, 0.25) is 0 Å². The van der Waals surface area contributed by atoms with Gasteiger partial charge in [0.25, 0.3) is 10.0 Å². The smallest absolute Gasteiger partial charge is 0.271 e. The number of hydrogen-bond donors (Lipinski definition) is 2. The summed E-state index contributed by atoms with van der Waals surface area (Å²) < 4.78 is 28.2. The number of aryl methyl sites for hydroxylation is 1. The Hall–Kier alpha value is -0.890. The zero-order valence-electron chi connectivity index (χ0n) is 10.2. The second-order valence-corrected chi connectivity index (χ2v) is 7.98. The fraction of sp³-hybridized carbons (Fsp3) is 0.167. The minimum absolute atomic E-state index is 0.271. The lowest BCUT2D eigenvalue weighted by Crippen LogP contribution is -2.12. The quantitative estimate of drug-likeness (QED) is 0.879. The fourth-order valence-corrected chi connectivity index (χ4v) is 4.23. The first-order valence-corrected chi connectivity index (χ1v) is 8.59. The van der Waals surface area contributed by atoms with Gasteiger partial charge in [-0.3, -0.25) is 4.72 Å². The van der Waals surface area contributed by atoms with E-state index in [-0.39, 0.29) is 4.21 Å². The predicted molar refractivity (Wildman–Crippen MR) is 81.9 cm³/mol. The zero-order valence-corrected chi connectivity index (χ0v) is 13.4. The van der Waals surface area contributed by atoms with Gasteiger partial charge in [0.05, 0.1) is 5.69 Å². The lowest BCUT2D eigenvalue weighted by molar-refractivity contribution is 0.603. The fourth-order valence-electron chi connectivity index (χ4n) is 1.51. The summed E-state index contributed by atoms with van der Waals surface area (Å²) in [5, 5.41) is 0. The number of rotatable bonds is 4. The number of nitrogens with two attached hydrogens (primary N) is 1. The third-order valence-electron chi connectivity index (χ3n) is 2.55. The number of thiophene rings is 1. The summed E-state index contributed by atoms with van der Waals surface area (Å²) in [6.45, 7) is 2.19. The van der Waals surface area contributed by atoms with Crippen molar-refractivity contribution in [3.8, 4) is 0 Å². The molecular formula is C12H13BrN2O2S2. The van der Waals surface area contributed by atoms with Crippen molar-refractivity contribution >= 4 is 43.0 Å². The van der Waals surface area contributed by atoms with E-state index in [1.165, 1.54) is 11.3 Å². The predicted octanol–water partition coefficient (Wildman–Crippen LogP) is 3.08. The van der Waals surface area contributed by atoms with Crippen LogP contribution in [0.25, 0.3) is 0 Å². The van der Waals surface area contributed by atoms with Gasteiger partial charge in [0, 0.05) is 15.9 Å². The van der Waals surface area contributed by atoms with Crippen LogP contribution < -0.4 is 10.5 Å². The van der Waals surface area contributed by atoms with Crippen molar-refractivity contribution in [3.05, 3.63) is 45.2 Å².